The Bertz CT molecular complexity index is 452. The van der Waals surface area contributed by atoms with Gasteiger partial charge in [-0.25, -0.2) is 9.97 Å². The first-order valence-electron chi connectivity index (χ1n) is 7.48. The van der Waals surface area contributed by atoms with Crippen LogP contribution in [0.4, 0.5) is 11.6 Å². The maximum Gasteiger partial charge on any atom is 0.134 e. The van der Waals surface area contributed by atoms with E-state index in [9.17, 15) is 0 Å². The van der Waals surface area contributed by atoms with Crippen molar-refractivity contribution in [3.05, 3.63) is 11.4 Å². The van der Waals surface area contributed by atoms with Gasteiger partial charge in [0.1, 0.15) is 17.5 Å². The van der Waals surface area contributed by atoms with Crippen molar-refractivity contribution in [3.63, 3.8) is 0 Å². The molecule has 0 aliphatic heterocycles. The molecule has 0 aromatic carbocycles. The highest BCUT2D eigenvalue weighted by Gasteiger charge is 2.36. The topological polar surface area (TPSA) is 49.8 Å². The molecular weight excluding hydrogens is 268 g/mol. The third kappa shape index (κ3) is 3.19. The molecule has 0 radical (unpaired) electrons. The summed E-state index contributed by atoms with van der Waals surface area (Å²) in [5.74, 6) is 2.86. The van der Waals surface area contributed by atoms with E-state index < -0.39 is 0 Å². The van der Waals surface area contributed by atoms with E-state index in [1.165, 1.54) is 19.3 Å². The third-order valence-electron chi connectivity index (χ3n) is 4.18. The minimum atomic E-state index is 0.419. The molecule has 0 bridgehead atoms. The van der Waals surface area contributed by atoms with Gasteiger partial charge in [0.2, 0.25) is 0 Å². The van der Waals surface area contributed by atoms with Crippen LogP contribution in [0.25, 0.3) is 0 Å². The predicted octanol–water partition coefficient (Wildman–Crippen LogP) is 3.48. The summed E-state index contributed by atoms with van der Waals surface area (Å²) in [6.07, 6.45) is 8.19. The molecule has 1 aromatic rings. The molecule has 4 nitrogen and oxygen atoms in total. The monoisotopic (exact) mass is 294 g/mol. The van der Waals surface area contributed by atoms with Crippen LogP contribution in [0.1, 0.15) is 44.0 Å². The van der Waals surface area contributed by atoms with Gasteiger partial charge in [-0.15, -0.1) is 0 Å². The van der Waals surface area contributed by atoms with Gasteiger partial charge >= 0.3 is 0 Å². The second-order valence-electron chi connectivity index (χ2n) is 5.56. The lowest BCUT2D eigenvalue weighted by Gasteiger charge is -2.40. The van der Waals surface area contributed by atoms with E-state index in [0.29, 0.717) is 4.75 Å². The summed E-state index contributed by atoms with van der Waals surface area (Å²) >= 11 is 1.99. The van der Waals surface area contributed by atoms with Crippen molar-refractivity contribution in [1.29, 1.82) is 0 Å². The maximum atomic E-state index is 4.69. The number of aryl methyl sites for hydroxylation is 1. The van der Waals surface area contributed by atoms with E-state index >= 15 is 0 Å². The first-order chi connectivity index (χ1) is 9.64. The molecule has 1 aromatic heterocycles. The summed E-state index contributed by atoms with van der Waals surface area (Å²) in [5.41, 5.74) is 1.11. The Morgan fingerprint density at radius 2 is 1.95 bits per heavy atom. The molecule has 20 heavy (non-hydrogen) atoms. The van der Waals surface area contributed by atoms with E-state index in [-0.39, 0.29) is 0 Å². The summed E-state index contributed by atoms with van der Waals surface area (Å²) in [4.78, 5) is 9.27. The molecule has 2 N–H and O–H groups in total. The molecule has 1 saturated carbocycles. The molecule has 0 unspecified atom stereocenters. The second kappa shape index (κ2) is 6.66. The second-order valence-corrected chi connectivity index (χ2v) is 6.83. The number of thioether (sulfide) groups is 1. The van der Waals surface area contributed by atoms with Crippen LogP contribution in [0.5, 0.6) is 0 Å². The SMILES string of the molecule is CCCc1nc(NC)c(C)c(NCC2(SC)CCC2)n1. The quantitative estimate of drug-likeness (QED) is 0.806. The molecule has 0 atom stereocenters. The summed E-state index contributed by atoms with van der Waals surface area (Å²) in [6, 6.07) is 0. The minimum Gasteiger partial charge on any atom is -0.373 e. The molecule has 112 valence electrons. The van der Waals surface area contributed by atoms with Gasteiger partial charge in [-0.3, -0.25) is 0 Å². The van der Waals surface area contributed by atoms with Crippen LogP contribution in [0.2, 0.25) is 0 Å². The summed E-state index contributed by atoms with van der Waals surface area (Å²) in [7, 11) is 1.92. The maximum absolute atomic E-state index is 4.69. The van der Waals surface area contributed by atoms with Gasteiger partial charge in [0, 0.05) is 30.3 Å². The van der Waals surface area contributed by atoms with E-state index in [1.54, 1.807) is 0 Å². The van der Waals surface area contributed by atoms with Crippen LogP contribution in [0, 0.1) is 6.92 Å². The lowest BCUT2D eigenvalue weighted by Crippen LogP contribution is -2.40. The van der Waals surface area contributed by atoms with Crippen LogP contribution >= 0.6 is 11.8 Å². The van der Waals surface area contributed by atoms with Crippen molar-refractivity contribution in [3.8, 4) is 0 Å². The number of aromatic nitrogens is 2. The Balaban J connectivity index is 2.14. The molecule has 1 aliphatic rings. The van der Waals surface area contributed by atoms with Gasteiger partial charge in [-0.2, -0.15) is 11.8 Å². The van der Waals surface area contributed by atoms with E-state index in [1.807, 2.05) is 18.8 Å². The summed E-state index contributed by atoms with van der Waals surface area (Å²) in [6.45, 7) is 5.24. The van der Waals surface area contributed by atoms with Gasteiger partial charge in [0.25, 0.3) is 0 Å². The molecule has 2 rings (SSSR count). The van der Waals surface area contributed by atoms with Crippen molar-refractivity contribution < 1.29 is 0 Å². The molecule has 0 amide bonds. The molecular formula is C15H26N4S. The molecule has 1 fully saturated rings. The van der Waals surface area contributed by atoms with Crippen molar-refractivity contribution in [2.24, 2.45) is 0 Å². The van der Waals surface area contributed by atoms with Gasteiger partial charge in [-0.1, -0.05) is 13.3 Å². The largest absolute Gasteiger partial charge is 0.373 e. The van der Waals surface area contributed by atoms with Crippen molar-refractivity contribution >= 4 is 23.4 Å². The van der Waals surface area contributed by atoms with Gasteiger partial charge in [-0.05, 0) is 32.4 Å². The first kappa shape index (κ1) is 15.4. The number of nitrogens with one attached hydrogen (secondary N) is 2. The van der Waals surface area contributed by atoms with Crippen LogP contribution in [-0.4, -0.2) is 34.6 Å². The summed E-state index contributed by atoms with van der Waals surface area (Å²) < 4.78 is 0.419. The molecule has 0 saturated heterocycles. The Kier molecular flexibility index (Phi) is 5.13. The first-order valence-corrected chi connectivity index (χ1v) is 8.71. The van der Waals surface area contributed by atoms with Crippen LogP contribution in [-0.2, 0) is 6.42 Å². The van der Waals surface area contributed by atoms with E-state index in [0.717, 1.165) is 42.4 Å². The molecule has 1 aliphatic carbocycles. The molecule has 0 spiro atoms. The number of nitrogens with zero attached hydrogens (tertiary/aromatic N) is 2. The number of rotatable bonds is 7. The van der Waals surface area contributed by atoms with Crippen molar-refractivity contribution in [1.82, 2.24) is 9.97 Å². The smallest absolute Gasteiger partial charge is 0.134 e. The fourth-order valence-electron chi connectivity index (χ4n) is 2.58. The highest BCUT2D eigenvalue weighted by Crippen LogP contribution is 2.42. The van der Waals surface area contributed by atoms with Gasteiger partial charge < -0.3 is 10.6 Å². The average molecular weight is 294 g/mol. The number of hydrogen-bond donors (Lipinski definition) is 2. The summed E-state index contributed by atoms with van der Waals surface area (Å²) in [5, 5.41) is 6.75. The normalized spacial score (nSPS) is 16.6. The minimum absolute atomic E-state index is 0.419. The average Bonchev–Trinajstić information content (AvgIpc) is 2.41. The zero-order chi connectivity index (χ0) is 14.6. The Morgan fingerprint density at radius 1 is 1.25 bits per heavy atom. The fourth-order valence-corrected chi connectivity index (χ4v) is 3.50. The highest BCUT2D eigenvalue weighted by molar-refractivity contribution is 8.00. The Hall–Kier alpha value is -0.970. The van der Waals surface area contributed by atoms with Crippen LogP contribution in [0.3, 0.4) is 0 Å². The van der Waals surface area contributed by atoms with E-state index in [4.69, 9.17) is 4.98 Å². The van der Waals surface area contributed by atoms with Crippen molar-refractivity contribution in [2.75, 3.05) is 30.5 Å². The zero-order valence-corrected chi connectivity index (χ0v) is 13.9. The van der Waals surface area contributed by atoms with Crippen LogP contribution in [0.15, 0.2) is 0 Å². The lowest BCUT2D eigenvalue weighted by atomic mass is 9.84. The molecule has 1 heterocycles. The standard InChI is InChI=1S/C15H26N4S/c1-5-7-12-18-13(16-3)11(2)14(19-12)17-10-15(20-4)8-6-9-15/h5-10H2,1-4H3,(H2,16,17,18,19). The van der Waals surface area contributed by atoms with Gasteiger partial charge in [0.05, 0.1) is 0 Å². The lowest BCUT2D eigenvalue weighted by molar-refractivity contribution is 0.379. The molecule has 5 heteroatoms. The third-order valence-corrected chi connectivity index (χ3v) is 5.60. The zero-order valence-electron chi connectivity index (χ0n) is 13.0. The van der Waals surface area contributed by atoms with Crippen molar-refractivity contribution in [2.45, 2.75) is 50.7 Å². The number of anilines is 2. The van der Waals surface area contributed by atoms with Gasteiger partial charge in [0.15, 0.2) is 0 Å². The highest BCUT2D eigenvalue weighted by atomic mass is 32.2. The predicted molar refractivity (Wildman–Crippen MR) is 88.9 cm³/mol. The van der Waals surface area contributed by atoms with Crippen LogP contribution < -0.4 is 10.6 Å². The van der Waals surface area contributed by atoms with E-state index in [2.05, 4.69) is 35.7 Å². The Morgan fingerprint density at radius 3 is 2.45 bits per heavy atom. The fraction of sp³-hybridized carbons (Fsp3) is 0.733. The Labute approximate surface area is 126 Å². The number of hydrogen-bond acceptors (Lipinski definition) is 5.